The minimum atomic E-state index is -0.0734. The lowest BCUT2D eigenvalue weighted by molar-refractivity contribution is 0.0339. The third-order valence-electron chi connectivity index (χ3n) is 1.12. The molecule has 0 unspecified atom stereocenters. The molecule has 0 saturated heterocycles. The number of aliphatic hydroxyl groups is 1. The van der Waals surface area contributed by atoms with Crippen LogP contribution >= 0.6 is 0 Å². The van der Waals surface area contributed by atoms with E-state index < -0.39 is 0 Å². The van der Waals surface area contributed by atoms with Gasteiger partial charge in [0.25, 0.3) is 0 Å². The first-order valence-electron chi connectivity index (χ1n) is 3.31. The lowest BCUT2D eigenvalue weighted by Crippen LogP contribution is -2.23. The average molecular weight is 132 g/mol. The Morgan fingerprint density at radius 1 is 1.44 bits per heavy atom. The third-order valence-corrected chi connectivity index (χ3v) is 1.12. The summed E-state index contributed by atoms with van der Waals surface area (Å²) in [6.07, 6.45) is 0. The minimum absolute atomic E-state index is 0.0734. The van der Waals surface area contributed by atoms with Crippen LogP contribution in [0.5, 0.6) is 0 Å². The van der Waals surface area contributed by atoms with Crippen LogP contribution in [0, 0.1) is 5.41 Å². The normalized spacial score (nSPS) is 12.0. The van der Waals surface area contributed by atoms with E-state index in [1.54, 1.807) is 0 Å². The number of hydrogen-bond acceptors (Lipinski definition) is 2. The topological polar surface area (TPSA) is 29.5 Å². The molecule has 0 aliphatic heterocycles. The fraction of sp³-hybridized carbons (Fsp3) is 1.00. The fourth-order valence-corrected chi connectivity index (χ4v) is 0.424. The maximum Gasteiger partial charge on any atom is 0.0538 e. The molecule has 0 spiro atoms. The molecule has 9 heavy (non-hydrogen) atoms. The molecule has 0 bridgehead atoms. The first-order valence-corrected chi connectivity index (χ1v) is 3.31. The van der Waals surface area contributed by atoms with E-state index in [1.807, 2.05) is 20.8 Å². The Balaban J connectivity index is 3.33. The van der Waals surface area contributed by atoms with E-state index in [9.17, 15) is 0 Å². The minimum Gasteiger partial charge on any atom is -0.396 e. The second-order valence-corrected chi connectivity index (χ2v) is 2.96. The van der Waals surface area contributed by atoms with Gasteiger partial charge in [-0.3, -0.25) is 0 Å². The van der Waals surface area contributed by atoms with Crippen LogP contribution in [0.25, 0.3) is 0 Å². The molecule has 0 aliphatic rings. The lowest BCUT2D eigenvalue weighted by Gasteiger charge is -2.20. The van der Waals surface area contributed by atoms with E-state index >= 15 is 0 Å². The molecule has 2 heteroatoms. The molecule has 0 saturated carbocycles. The summed E-state index contributed by atoms with van der Waals surface area (Å²) in [5.41, 5.74) is -0.0734. The predicted molar refractivity (Wildman–Crippen MR) is 37.4 cm³/mol. The average Bonchev–Trinajstić information content (AvgIpc) is 1.84. The van der Waals surface area contributed by atoms with Gasteiger partial charge in [-0.05, 0) is 6.92 Å². The number of hydrogen-bond donors (Lipinski definition) is 1. The zero-order valence-electron chi connectivity index (χ0n) is 6.48. The van der Waals surface area contributed by atoms with E-state index in [2.05, 4.69) is 0 Å². The summed E-state index contributed by atoms with van der Waals surface area (Å²) in [5, 5.41) is 8.74. The van der Waals surface area contributed by atoms with Crippen LogP contribution in [0.3, 0.4) is 0 Å². The van der Waals surface area contributed by atoms with Gasteiger partial charge in [-0.2, -0.15) is 0 Å². The molecule has 56 valence electrons. The second kappa shape index (κ2) is 3.85. The van der Waals surface area contributed by atoms with Crippen LogP contribution in [0.1, 0.15) is 20.8 Å². The molecular formula is C7H16O2. The number of aliphatic hydroxyl groups excluding tert-OH is 1. The standard InChI is InChI=1S/C7H16O2/c1-4-9-6-7(2,3)5-8/h8H,4-6H2,1-3H3. The van der Waals surface area contributed by atoms with E-state index in [0.29, 0.717) is 6.61 Å². The highest BCUT2D eigenvalue weighted by atomic mass is 16.5. The molecule has 0 aromatic heterocycles. The Labute approximate surface area is 56.8 Å². The molecule has 0 heterocycles. The van der Waals surface area contributed by atoms with Crippen LogP contribution < -0.4 is 0 Å². The van der Waals surface area contributed by atoms with Crippen LogP contribution in [0.2, 0.25) is 0 Å². The molecule has 1 N–H and O–H groups in total. The SMILES string of the molecule is CCOCC(C)(C)CO. The Hall–Kier alpha value is -0.0800. The molecule has 0 atom stereocenters. The summed E-state index contributed by atoms with van der Waals surface area (Å²) in [5.74, 6) is 0. The highest BCUT2D eigenvalue weighted by Crippen LogP contribution is 2.12. The van der Waals surface area contributed by atoms with Crippen molar-refractivity contribution in [2.45, 2.75) is 20.8 Å². The predicted octanol–water partition coefficient (Wildman–Crippen LogP) is 1.04. The van der Waals surface area contributed by atoms with Crippen molar-refractivity contribution in [3.8, 4) is 0 Å². The van der Waals surface area contributed by atoms with Crippen molar-refractivity contribution in [2.24, 2.45) is 5.41 Å². The first-order chi connectivity index (χ1) is 4.12. The number of ether oxygens (including phenoxy) is 1. The zero-order valence-corrected chi connectivity index (χ0v) is 6.48. The molecule has 0 aliphatic carbocycles. The third kappa shape index (κ3) is 4.43. The van der Waals surface area contributed by atoms with Gasteiger partial charge in [0, 0.05) is 12.0 Å². The van der Waals surface area contributed by atoms with E-state index in [1.165, 1.54) is 0 Å². The largest absolute Gasteiger partial charge is 0.396 e. The van der Waals surface area contributed by atoms with Gasteiger partial charge in [0.05, 0.1) is 13.2 Å². The summed E-state index contributed by atoms with van der Waals surface area (Å²) in [6, 6.07) is 0. The van der Waals surface area contributed by atoms with Crippen LogP contribution in [0.15, 0.2) is 0 Å². The summed E-state index contributed by atoms with van der Waals surface area (Å²) in [6.45, 7) is 7.45. The molecule has 0 amide bonds. The van der Waals surface area contributed by atoms with Crippen LogP contribution in [0.4, 0.5) is 0 Å². The molecule has 0 fully saturated rings. The second-order valence-electron chi connectivity index (χ2n) is 2.96. The zero-order chi connectivity index (χ0) is 7.33. The van der Waals surface area contributed by atoms with Crippen LogP contribution in [-0.2, 0) is 4.74 Å². The molecular weight excluding hydrogens is 116 g/mol. The smallest absolute Gasteiger partial charge is 0.0538 e. The van der Waals surface area contributed by atoms with Crippen molar-refractivity contribution in [1.29, 1.82) is 0 Å². The fourth-order valence-electron chi connectivity index (χ4n) is 0.424. The highest BCUT2D eigenvalue weighted by Gasteiger charge is 2.15. The van der Waals surface area contributed by atoms with Crippen molar-refractivity contribution in [2.75, 3.05) is 19.8 Å². The maximum absolute atomic E-state index is 8.74. The van der Waals surface area contributed by atoms with E-state index in [0.717, 1.165) is 6.61 Å². The summed E-state index contributed by atoms with van der Waals surface area (Å²) in [4.78, 5) is 0. The lowest BCUT2D eigenvalue weighted by atomic mass is 9.97. The van der Waals surface area contributed by atoms with Crippen LogP contribution in [-0.4, -0.2) is 24.9 Å². The van der Waals surface area contributed by atoms with Gasteiger partial charge >= 0.3 is 0 Å². The maximum atomic E-state index is 8.74. The molecule has 2 nitrogen and oxygen atoms in total. The summed E-state index contributed by atoms with van der Waals surface area (Å²) >= 11 is 0. The Morgan fingerprint density at radius 3 is 2.33 bits per heavy atom. The van der Waals surface area contributed by atoms with Crippen molar-refractivity contribution in [1.82, 2.24) is 0 Å². The quantitative estimate of drug-likeness (QED) is 0.619. The van der Waals surface area contributed by atoms with Gasteiger partial charge in [0.15, 0.2) is 0 Å². The van der Waals surface area contributed by atoms with Crippen molar-refractivity contribution in [3.05, 3.63) is 0 Å². The molecule has 0 aromatic carbocycles. The van der Waals surface area contributed by atoms with Crippen molar-refractivity contribution < 1.29 is 9.84 Å². The van der Waals surface area contributed by atoms with E-state index in [4.69, 9.17) is 9.84 Å². The van der Waals surface area contributed by atoms with Gasteiger partial charge in [0.2, 0.25) is 0 Å². The first kappa shape index (κ1) is 8.92. The van der Waals surface area contributed by atoms with Gasteiger partial charge in [-0.25, -0.2) is 0 Å². The van der Waals surface area contributed by atoms with Gasteiger partial charge in [0.1, 0.15) is 0 Å². The van der Waals surface area contributed by atoms with Gasteiger partial charge < -0.3 is 9.84 Å². The summed E-state index contributed by atoms with van der Waals surface area (Å²) in [7, 11) is 0. The van der Waals surface area contributed by atoms with Gasteiger partial charge in [-0.1, -0.05) is 13.8 Å². The Bertz CT molecular complexity index is 69.3. The number of rotatable bonds is 4. The molecule has 0 aromatic rings. The van der Waals surface area contributed by atoms with Crippen molar-refractivity contribution in [3.63, 3.8) is 0 Å². The highest BCUT2D eigenvalue weighted by molar-refractivity contribution is 4.64. The molecule has 0 rings (SSSR count). The van der Waals surface area contributed by atoms with E-state index in [-0.39, 0.29) is 12.0 Å². The monoisotopic (exact) mass is 132 g/mol. The molecule has 0 radical (unpaired) electrons. The Kier molecular flexibility index (Phi) is 3.82. The summed E-state index contributed by atoms with van der Waals surface area (Å²) < 4.78 is 5.13. The Morgan fingerprint density at radius 2 is 2.00 bits per heavy atom. The van der Waals surface area contributed by atoms with Crippen molar-refractivity contribution >= 4 is 0 Å². The van der Waals surface area contributed by atoms with Gasteiger partial charge in [-0.15, -0.1) is 0 Å².